The van der Waals surface area contributed by atoms with Gasteiger partial charge in [-0.3, -0.25) is 4.79 Å². The van der Waals surface area contributed by atoms with Crippen LogP contribution in [0.25, 0.3) is 22.3 Å². The van der Waals surface area contributed by atoms with E-state index in [1.807, 2.05) is 0 Å². The molecule has 33 heavy (non-hydrogen) atoms. The maximum atomic E-state index is 12.9. The Morgan fingerprint density at radius 3 is 2.30 bits per heavy atom. The summed E-state index contributed by atoms with van der Waals surface area (Å²) in [5.41, 5.74) is 0.349. The second-order valence-electron chi connectivity index (χ2n) is 7.57. The molecule has 1 saturated heterocycles. The molecule has 3 aromatic rings. The maximum absolute atomic E-state index is 12.9. The largest absolute Gasteiger partial charge is 0.479 e. The van der Waals surface area contributed by atoms with E-state index < -0.39 is 42.6 Å². The summed E-state index contributed by atoms with van der Waals surface area (Å²) < 4.78 is 16.0. The zero-order valence-corrected chi connectivity index (χ0v) is 17.2. The maximum Gasteiger partial charge on any atom is 0.344 e. The van der Waals surface area contributed by atoms with Crippen LogP contribution in [-0.4, -0.2) is 63.1 Å². The van der Waals surface area contributed by atoms with Crippen LogP contribution in [0.4, 0.5) is 0 Å². The lowest BCUT2D eigenvalue weighted by Crippen LogP contribution is -2.60. The molecular weight excluding hydrogens is 436 g/mol. The molecule has 1 aromatic heterocycles. The number of hydrogen-bond donors (Lipinski definition) is 4. The zero-order chi connectivity index (χ0) is 23.9. The summed E-state index contributed by atoms with van der Waals surface area (Å²) in [4.78, 5) is 37.1. The SMILES string of the molecule is Cc1c(-c2ccccc2)oc2c(C(=O)O[C@@H]3O[C@H](C(=O)O)[C@@H](O)[C@H](O)[C@H]3O)cccc2c1=O. The van der Waals surface area contributed by atoms with Crippen LogP contribution < -0.4 is 5.43 Å². The fourth-order valence-electron chi connectivity index (χ4n) is 3.65. The van der Waals surface area contributed by atoms with Gasteiger partial charge in [0.2, 0.25) is 6.29 Å². The van der Waals surface area contributed by atoms with E-state index in [2.05, 4.69) is 0 Å². The summed E-state index contributed by atoms with van der Waals surface area (Å²) in [6, 6.07) is 13.0. The van der Waals surface area contributed by atoms with Crippen molar-refractivity contribution in [2.24, 2.45) is 0 Å². The minimum Gasteiger partial charge on any atom is -0.479 e. The lowest BCUT2D eigenvalue weighted by Gasteiger charge is -2.37. The molecule has 0 radical (unpaired) electrons. The van der Waals surface area contributed by atoms with Crippen molar-refractivity contribution in [3.63, 3.8) is 0 Å². The van der Waals surface area contributed by atoms with Crippen molar-refractivity contribution in [1.29, 1.82) is 0 Å². The molecule has 0 unspecified atom stereocenters. The standard InChI is InChI=1S/C23H20O10/c1-10-14(24)12-8-5-9-13(19(12)31-18(10)11-6-3-2-4-7-11)22(30)33-23-17(27)15(25)16(26)20(32-23)21(28)29/h2-9,15-17,20,23,25-27H,1H3,(H,28,29)/t15-,16-,17+,20-,23-/m0/s1. The first-order valence-electron chi connectivity index (χ1n) is 9.96. The molecule has 0 spiro atoms. The van der Waals surface area contributed by atoms with E-state index in [1.165, 1.54) is 18.2 Å². The molecule has 0 saturated carbocycles. The normalized spacial score (nSPS) is 25.0. The van der Waals surface area contributed by atoms with Crippen LogP contribution >= 0.6 is 0 Å². The average Bonchev–Trinajstić information content (AvgIpc) is 2.81. The molecule has 1 fully saturated rings. The predicted octanol–water partition coefficient (Wildman–Crippen LogP) is 0.817. The molecule has 5 atom stereocenters. The van der Waals surface area contributed by atoms with Crippen molar-refractivity contribution < 1.29 is 43.9 Å². The number of hydrogen-bond acceptors (Lipinski definition) is 9. The van der Waals surface area contributed by atoms with E-state index in [0.717, 1.165) is 0 Å². The third kappa shape index (κ3) is 4.00. The van der Waals surface area contributed by atoms with Crippen LogP contribution in [0.3, 0.4) is 0 Å². The number of carbonyl (C=O) groups is 2. The van der Waals surface area contributed by atoms with Crippen molar-refractivity contribution >= 4 is 22.9 Å². The van der Waals surface area contributed by atoms with Crippen LogP contribution in [0.1, 0.15) is 15.9 Å². The molecule has 1 aliphatic heterocycles. The highest BCUT2D eigenvalue weighted by Gasteiger charge is 2.48. The molecule has 2 aromatic carbocycles. The Morgan fingerprint density at radius 2 is 1.64 bits per heavy atom. The van der Waals surface area contributed by atoms with Gasteiger partial charge in [0.05, 0.1) is 5.39 Å². The molecule has 2 heterocycles. The Morgan fingerprint density at radius 1 is 0.939 bits per heavy atom. The Kier molecular flexibility index (Phi) is 6.00. The summed E-state index contributed by atoms with van der Waals surface area (Å²) in [7, 11) is 0. The Bertz CT molecular complexity index is 1270. The number of carboxylic acids is 1. The molecule has 10 heteroatoms. The average molecular weight is 456 g/mol. The predicted molar refractivity (Wildman–Crippen MR) is 112 cm³/mol. The summed E-state index contributed by atoms with van der Waals surface area (Å²) in [5.74, 6) is -2.45. The van der Waals surface area contributed by atoms with Gasteiger partial charge in [-0.15, -0.1) is 0 Å². The van der Waals surface area contributed by atoms with Crippen LogP contribution in [-0.2, 0) is 14.3 Å². The quantitative estimate of drug-likeness (QED) is 0.413. The van der Waals surface area contributed by atoms with Gasteiger partial charge in [-0.05, 0) is 19.1 Å². The second kappa shape index (κ2) is 8.75. The number of benzene rings is 2. The van der Waals surface area contributed by atoms with Gasteiger partial charge < -0.3 is 34.3 Å². The van der Waals surface area contributed by atoms with Crippen molar-refractivity contribution in [2.75, 3.05) is 0 Å². The summed E-state index contributed by atoms with van der Waals surface area (Å²) in [6.45, 7) is 1.60. The van der Waals surface area contributed by atoms with Crippen molar-refractivity contribution in [3.8, 4) is 11.3 Å². The lowest BCUT2D eigenvalue weighted by atomic mass is 9.99. The van der Waals surface area contributed by atoms with E-state index >= 15 is 0 Å². The van der Waals surface area contributed by atoms with Crippen molar-refractivity contribution in [1.82, 2.24) is 0 Å². The lowest BCUT2D eigenvalue weighted by molar-refractivity contribution is -0.278. The first kappa shape index (κ1) is 22.6. The number of carbonyl (C=O) groups excluding carboxylic acids is 1. The van der Waals surface area contributed by atoms with Gasteiger partial charge in [0, 0.05) is 11.1 Å². The summed E-state index contributed by atoms with van der Waals surface area (Å²) in [5, 5.41) is 39.1. The number of aliphatic hydroxyl groups is 3. The van der Waals surface area contributed by atoms with Crippen molar-refractivity contribution in [3.05, 3.63) is 69.9 Å². The second-order valence-corrected chi connectivity index (χ2v) is 7.57. The van der Waals surface area contributed by atoms with E-state index in [1.54, 1.807) is 37.3 Å². The van der Waals surface area contributed by atoms with Gasteiger partial charge in [0.15, 0.2) is 17.1 Å². The Hall–Kier alpha value is -3.57. The van der Waals surface area contributed by atoms with E-state index in [0.29, 0.717) is 11.1 Å². The number of fused-ring (bicyclic) bond motifs is 1. The van der Waals surface area contributed by atoms with Gasteiger partial charge in [-0.1, -0.05) is 36.4 Å². The molecular formula is C23H20O10. The fraction of sp³-hybridized carbons (Fsp3) is 0.261. The summed E-state index contributed by atoms with van der Waals surface area (Å²) >= 11 is 0. The third-order valence-electron chi connectivity index (χ3n) is 5.44. The third-order valence-corrected chi connectivity index (χ3v) is 5.44. The minimum atomic E-state index is -1.93. The number of aliphatic hydroxyl groups excluding tert-OH is 3. The monoisotopic (exact) mass is 456 g/mol. The molecule has 172 valence electrons. The molecule has 4 N–H and O–H groups in total. The molecule has 1 aliphatic rings. The molecule has 0 bridgehead atoms. The number of esters is 1. The van der Waals surface area contributed by atoms with Crippen LogP contribution in [0.2, 0.25) is 0 Å². The van der Waals surface area contributed by atoms with Gasteiger partial charge in [-0.2, -0.15) is 0 Å². The first-order chi connectivity index (χ1) is 15.7. The Labute approximate surface area is 186 Å². The zero-order valence-electron chi connectivity index (χ0n) is 17.2. The van der Waals surface area contributed by atoms with Crippen LogP contribution in [0, 0.1) is 6.92 Å². The van der Waals surface area contributed by atoms with E-state index in [-0.39, 0.29) is 27.7 Å². The van der Waals surface area contributed by atoms with E-state index in [4.69, 9.17) is 19.0 Å². The highest BCUT2D eigenvalue weighted by atomic mass is 16.7. The van der Waals surface area contributed by atoms with Crippen LogP contribution in [0.15, 0.2) is 57.7 Å². The van der Waals surface area contributed by atoms with E-state index in [9.17, 15) is 29.7 Å². The molecule has 0 amide bonds. The molecule has 10 nitrogen and oxygen atoms in total. The summed E-state index contributed by atoms with van der Waals surface area (Å²) in [6.07, 6.45) is -9.60. The van der Waals surface area contributed by atoms with Gasteiger partial charge in [-0.25, -0.2) is 9.59 Å². The van der Waals surface area contributed by atoms with Gasteiger partial charge >= 0.3 is 11.9 Å². The fourth-order valence-corrected chi connectivity index (χ4v) is 3.65. The van der Waals surface area contributed by atoms with Crippen LogP contribution in [0.5, 0.6) is 0 Å². The highest BCUT2D eigenvalue weighted by molar-refractivity contribution is 6.02. The first-order valence-corrected chi connectivity index (χ1v) is 9.96. The number of para-hydroxylation sites is 1. The number of ether oxygens (including phenoxy) is 2. The Balaban J connectivity index is 1.74. The minimum absolute atomic E-state index is 0.0716. The van der Waals surface area contributed by atoms with Gasteiger partial charge in [0.1, 0.15) is 29.6 Å². The number of rotatable bonds is 4. The molecule has 0 aliphatic carbocycles. The van der Waals surface area contributed by atoms with Crippen molar-refractivity contribution in [2.45, 2.75) is 37.6 Å². The smallest absolute Gasteiger partial charge is 0.344 e. The van der Waals surface area contributed by atoms with Gasteiger partial charge in [0.25, 0.3) is 0 Å². The highest BCUT2D eigenvalue weighted by Crippen LogP contribution is 2.29. The number of aliphatic carboxylic acids is 1. The number of carboxylic acid groups (broad SMARTS) is 1. The topological polar surface area (TPSA) is 164 Å². The molecule has 4 rings (SSSR count).